The second kappa shape index (κ2) is 8.06. The summed E-state index contributed by atoms with van der Waals surface area (Å²) in [5, 5.41) is 0.859. The molecule has 0 N–H and O–H groups in total. The summed E-state index contributed by atoms with van der Waals surface area (Å²) in [6.45, 7) is 4.23. The molecule has 3 heterocycles. The molecule has 6 nitrogen and oxygen atoms in total. The molecule has 0 radical (unpaired) electrons. The van der Waals surface area contributed by atoms with Gasteiger partial charge in [-0.15, -0.1) is 11.3 Å². The van der Waals surface area contributed by atoms with Gasteiger partial charge < -0.3 is 9.64 Å². The third-order valence-electron chi connectivity index (χ3n) is 4.74. The molecular formula is C20H21N3O3S2. The fraction of sp³-hybridized carbons (Fsp3) is 0.350. The molecular weight excluding hydrogens is 394 g/mol. The molecule has 1 atom stereocenters. The first-order valence-electron chi connectivity index (χ1n) is 9.14. The average molecular weight is 416 g/mol. The molecule has 2 aromatic heterocycles. The topological polar surface area (TPSA) is 64.4 Å². The van der Waals surface area contributed by atoms with Gasteiger partial charge in [0.05, 0.1) is 23.8 Å². The third kappa shape index (κ3) is 3.72. The van der Waals surface area contributed by atoms with Crippen molar-refractivity contribution in [1.29, 1.82) is 0 Å². The molecule has 1 fully saturated rings. The van der Waals surface area contributed by atoms with Crippen molar-refractivity contribution in [2.75, 3.05) is 26.3 Å². The molecule has 0 aliphatic carbocycles. The number of amides is 1. The maximum absolute atomic E-state index is 12.9. The van der Waals surface area contributed by atoms with Gasteiger partial charge in [-0.25, -0.2) is 4.98 Å². The smallest absolute Gasteiger partial charge is 0.262 e. The van der Waals surface area contributed by atoms with Crippen LogP contribution in [0.25, 0.3) is 20.7 Å². The SMILES string of the molecule is CC(Sc1nc2sc(-c3ccccc3)cc2c(=O)n1C)C(=O)N1CCOCC1. The maximum atomic E-state index is 12.9. The molecule has 0 spiro atoms. The van der Waals surface area contributed by atoms with E-state index in [4.69, 9.17) is 9.72 Å². The highest BCUT2D eigenvalue weighted by molar-refractivity contribution is 8.00. The number of ether oxygens (including phenoxy) is 1. The number of carbonyl (C=O) groups is 1. The third-order valence-corrected chi connectivity index (χ3v) is 6.95. The van der Waals surface area contributed by atoms with Crippen LogP contribution in [0.5, 0.6) is 0 Å². The number of fused-ring (bicyclic) bond motifs is 1. The summed E-state index contributed by atoms with van der Waals surface area (Å²) in [5.41, 5.74) is 0.981. The van der Waals surface area contributed by atoms with E-state index >= 15 is 0 Å². The molecule has 1 amide bonds. The second-order valence-electron chi connectivity index (χ2n) is 6.65. The highest BCUT2D eigenvalue weighted by atomic mass is 32.2. The number of carbonyl (C=O) groups excluding carboxylic acids is 1. The van der Waals surface area contributed by atoms with Crippen LogP contribution in [0.15, 0.2) is 46.3 Å². The molecule has 1 aliphatic rings. The summed E-state index contributed by atoms with van der Waals surface area (Å²) in [7, 11) is 1.71. The van der Waals surface area contributed by atoms with Crippen LogP contribution in [0.3, 0.4) is 0 Å². The molecule has 1 aliphatic heterocycles. The van der Waals surface area contributed by atoms with E-state index in [-0.39, 0.29) is 16.7 Å². The Labute approximate surface area is 171 Å². The Kier molecular flexibility index (Phi) is 5.52. The predicted molar refractivity (Wildman–Crippen MR) is 113 cm³/mol. The summed E-state index contributed by atoms with van der Waals surface area (Å²) in [4.78, 5) is 33.8. The van der Waals surface area contributed by atoms with Crippen LogP contribution < -0.4 is 5.56 Å². The number of rotatable bonds is 4. The maximum Gasteiger partial charge on any atom is 0.262 e. The van der Waals surface area contributed by atoms with E-state index in [1.54, 1.807) is 7.05 Å². The van der Waals surface area contributed by atoms with E-state index in [1.807, 2.05) is 48.2 Å². The summed E-state index contributed by atoms with van der Waals surface area (Å²) < 4.78 is 6.85. The van der Waals surface area contributed by atoms with E-state index in [2.05, 4.69) is 0 Å². The molecule has 146 valence electrons. The van der Waals surface area contributed by atoms with E-state index in [0.29, 0.717) is 41.7 Å². The number of thioether (sulfide) groups is 1. The normalized spacial score (nSPS) is 15.7. The van der Waals surface area contributed by atoms with Crippen LogP contribution >= 0.6 is 23.1 Å². The van der Waals surface area contributed by atoms with E-state index in [9.17, 15) is 9.59 Å². The lowest BCUT2D eigenvalue weighted by molar-refractivity contribution is -0.134. The zero-order chi connectivity index (χ0) is 19.7. The lowest BCUT2D eigenvalue weighted by Gasteiger charge is -2.29. The molecule has 3 aromatic rings. The van der Waals surface area contributed by atoms with Crippen molar-refractivity contribution in [3.05, 3.63) is 46.8 Å². The van der Waals surface area contributed by atoms with E-state index in [0.717, 1.165) is 10.4 Å². The number of aromatic nitrogens is 2. The highest BCUT2D eigenvalue weighted by Crippen LogP contribution is 2.32. The Morgan fingerprint density at radius 1 is 1.25 bits per heavy atom. The number of nitrogens with zero attached hydrogens (tertiary/aromatic N) is 3. The van der Waals surface area contributed by atoms with Gasteiger partial charge in [0.1, 0.15) is 4.83 Å². The van der Waals surface area contributed by atoms with Gasteiger partial charge in [-0.2, -0.15) is 0 Å². The monoisotopic (exact) mass is 415 g/mol. The molecule has 1 unspecified atom stereocenters. The molecule has 4 rings (SSSR count). The number of hydrogen-bond acceptors (Lipinski definition) is 6. The zero-order valence-electron chi connectivity index (χ0n) is 15.8. The van der Waals surface area contributed by atoms with Crippen LogP contribution in [-0.4, -0.2) is 51.9 Å². The molecule has 0 saturated carbocycles. The van der Waals surface area contributed by atoms with Crippen molar-refractivity contribution in [1.82, 2.24) is 14.5 Å². The van der Waals surface area contributed by atoms with Gasteiger partial charge in [0, 0.05) is 25.0 Å². The van der Waals surface area contributed by atoms with Gasteiger partial charge in [-0.3, -0.25) is 14.2 Å². The Hall–Kier alpha value is -2.16. The van der Waals surface area contributed by atoms with E-state index in [1.165, 1.54) is 27.7 Å². The number of morpholine rings is 1. The molecule has 28 heavy (non-hydrogen) atoms. The first kappa shape index (κ1) is 19.2. The van der Waals surface area contributed by atoms with Crippen molar-refractivity contribution in [2.45, 2.75) is 17.3 Å². The molecule has 8 heteroatoms. The summed E-state index contributed by atoms with van der Waals surface area (Å²) >= 11 is 2.83. The average Bonchev–Trinajstić information content (AvgIpc) is 3.17. The van der Waals surface area contributed by atoms with Crippen LogP contribution in [0.1, 0.15) is 6.92 Å². The molecule has 1 saturated heterocycles. The van der Waals surface area contributed by atoms with Gasteiger partial charge in [0.15, 0.2) is 5.16 Å². The van der Waals surface area contributed by atoms with Crippen molar-refractivity contribution < 1.29 is 9.53 Å². The fourth-order valence-corrected chi connectivity index (χ4v) is 5.18. The minimum Gasteiger partial charge on any atom is -0.378 e. The van der Waals surface area contributed by atoms with Crippen molar-refractivity contribution in [3.8, 4) is 10.4 Å². The number of hydrogen-bond donors (Lipinski definition) is 0. The standard InChI is InChI=1S/C20H21N3O3S2/c1-13(18(24)23-8-10-26-11-9-23)27-20-21-17-15(19(25)22(20)2)12-16(28-17)14-6-4-3-5-7-14/h3-7,12-13H,8-11H2,1-2H3. The van der Waals surface area contributed by atoms with Crippen LogP contribution in [0.4, 0.5) is 0 Å². The first-order chi connectivity index (χ1) is 13.5. The largest absolute Gasteiger partial charge is 0.378 e. The Bertz CT molecular complexity index is 1060. The van der Waals surface area contributed by atoms with Crippen molar-refractivity contribution in [3.63, 3.8) is 0 Å². The molecule has 1 aromatic carbocycles. The van der Waals surface area contributed by atoms with Crippen LogP contribution in [0, 0.1) is 0 Å². The fourth-order valence-electron chi connectivity index (χ4n) is 3.15. The highest BCUT2D eigenvalue weighted by Gasteiger charge is 2.25. The Morgan fingerprint density at radius 2 is 1.96 bits per heavy atom. The zero-order valence-corrected chi connectivity index (χ0v) is 17.4. The number of benzene rings is 1. The van der Waals surface area contributed by atoms with Gasteiger partial charge in [0.25, 0.3) is 5.56 Å². The Balaban J connectivity index is 1.63. The molecule has 0 bridgehead atoms. The Morgan fingerprint density at radius 3 is 2.68 bits per heavy atom. The quantitative estimate of drug-likeness (QED) is 0.484. The summed E-state index contributed by atoms with van der Waals surface area (Å²) in [5.74, 6) is 0.0544. The van der Waals surface area contributed by atoms with Crippen LogP contribution in [0.2, 0.25) is 0 Å². The van der Waals surface area contributed by atoms with Gasteiger partial charge >= 0.3 is 0 Å². The number of thiophene rings is 1. The van der Waals surface area contributed by atoms with Crippen molar-refractivity contribution in [2.24, 2.45) is 7.05 Å². The second-order valence-corrected chi connectivity index (χ2v) is 8.99. The van der Waals surface area contributed by atoms with Crippen LogP contribution in [-0.2, 0) is 16.6 Å². The minimum absolute atomic E-state index is 0.0544. The van der Waals surface area contributed by atoms with Crippen molar-refractivity contribution >= 4 is 39.2 Å². The summed E-state index contributed by atoms with van der Waals surface area (Å²) in [6.07, 6.45) is 0. The summed E-state index contributed by atoms with van der Waals surface area (Å²) in [6, 6.07) is 11.9. The van der Waals surface area contributed by atoms with Gasteiger partial charge in [0.2, 0.25) is 5.91 Å². The van der Waals surface area contributed by atoms with E-state index < -0.39 is 0 Å². The lowest BCUT2D eigenvalue weighted by Crippen LogP contribution is -2.44. The minimum atomic E-state index is -0.317. The first-order valence-corrected chi connectivity index (χ1v) is 10.8. The van der Waals surface area contributed by atoms with Gasteiger partial charge in [-0.1, -0.05) is 42.1 Å². The van der Waals surface area contributed by atoms with Gasteiger partial charge in [-0.05, 0) is 18.6 Å². The predicted octanol–water partition coefficient (Wildman–Crippen LogP) is 3.00. The lowest BCUT2D eigenvalue weighted by atomic mass is 10.2.